The zero-order chi connectivity index (χ0) is 47.9. The standard InChI is InChI=1S/C60H96O6/c1-4-7-10-13-16-19-22-24-26-28-30-32-33-35-38-41-44-47-50-53-59(62)65-56-57(55-64-58(61)52-49-46-43-40-37-21-18-15-12-9-6-3)66-60(63)54-51-48-45-42-39-36-34-31-29-27-25-23-20-17-14-11-8-5-2/h9,11-12,14,16-25,27,29,31,34,40,43,57H,4-8,10,13,15,26,28,30,32-33,35-39,41-42,44-56H2,1-3H3/b12-9-,14-11-,19-16-,20-17-,21-18-,24-22-,25-23-,29-27-,34-31-,43-40-. The summed E-state index contributed by atoms with van der Waals surface area (Å²) in [5.41, 5.74) is 0. The van der Waals surface area contributed by atoms with Crippen LogP contribution in [0.2, 0.25) is 0 Å². The van der Waals surface area contributed by atoms with Gasteiger partial charge in [-0.3, -0.25) is 14.4 Å². The van der Waals surface area contributed by atoms with Gasteiger partial charge in [-0.25, -0.2) is 0 Å². The molecule has 0 N–H and O–H groups in total. The van der Waals surface area contributed by atoms with E-state index in [4.69, 9.17) is 14.2 Å². The Balaban J connectivity index is 4.47. The van der Waals surface area contributed by atoms with Crippen molar-refractivity contribution >= 4 is 17.9 Å². The third-order valence-corrected chi connectivity index (χ3v) is 10.8. The Kier molecular flexibility index (Phi) is 50.0. The van der Waals surface area contributed by atoms with E-state index in [-0.39, 0.29) is 44.0 Å². The van der Waals surface area contributed by atoms with E-state index in [1.807, 2.05) is 36.5 Å². The first-order valence-electron chi connectivity index (χ1n) is 26.6. The van der Waals surface area contributed by atoms with Gasteiger partial charge in [0.25, 0.3) is 0 Å². The Morgan fingerprint density at radius 2 is 0.697 bits per heavy atom. The van der Waals surface area contributed by atoms with Crippen LogP contribution in [0.1, 0.15) is 220 Å². The Morgan fingerprint density at radius 1 is 0.333 bits per heavy atom. The number of rotatable bonds is 46. The van der Waals surface area contributed by atoms with Gasteiger partial charge < -0.3 is 14.2 Å². The molecule has 0 rings (SSSR count). The molecule has 1 unspecified atom stereocenters. The molecule has 0 amide bonds. The molecule has 0 aliphatic rings. The topological polar surface area (TPSA) is 78.9 Å². The summed E-state index contributed by atoms with van der Waals surface area (Å²) in [6.07, 6.45) is 73.3. The van der Waals surface area contributed by atoms with Crippen LogP contribution in [0.25, 0.3) is 0 Å². The highest BCUT2D eigenvalue weighted by Gasteiger charge is 2.19. The van der Waals surface area contributed by atoms with Crippen molar-refractivity contribution in [1.29, 1.82) is 0 Å². The Morgan fingerprint density at radius 3 is 1.18 bits per heavy atom. The van der Waals surface area contributed by atoms with Crippen molar-refractivity contribution in [1.82, 2.24) is 0 Å². The number of allylic oxidation sites excluding steroid dienone is 20. The molecule has 0 saturated carbocycles. The van der Waals surface area contributed by atoms with Gasteiger partial charge in [-0.1, -0.05) is 232 Å². The second-order valence-corrected chi connectivity index (χ2v) is 17.2. The van der Waals surface area contributed by atoms with Gasteiger partial charge in [-0.15, -0.1) is 0 Å². The maximum atomic E-state index is 12.8. The summed E-state index contributed by atoms with van der Waals surface area (Å²) < 4.78 is 16.7. The normalized spacial score (nSPS) is 13.1. The first-order chi connectivity index (χ1) is 32.5. The lowest BCUT2D eigenvalue weighted by atomic mass is 10.1. The van der Waals surface area contributed by atoms with Crippen LogP contribution in [-0.4, -0.2) is 37.2 Å². The maximum absolute atomic E-state index is 12.8. The smallest absolute Gasteiger partial charge is 0.306 e. The van der Waals surface area contributed by atoms with Crippen LogP contribution in [0.4, 0.5) is 0 Å². The minimum Gasteiger partial charge on any atom is -0.462 e. The molecule has 372 valence electrons. The van der Waals surface area contributed by atoms with E-state index in [0.717, 1.165) is 89.9 Å². The van der Waals surface area contributed by atoms with Gasteiger partial charge in [0.05, 0.1) is 0 Å². The second kappa shape index (κ2) is 53.4. The quantitative estimate of drug-likeness (QED) is 0.0199. The van der Waals surface area contributed by atoms with Crippen LogP contribution in [0.3, 0.4) is 0 Å². The van der Waals surface area contributed by atoms with E-state index in [2.05, 4.69) is 106 Å². The molecule has 0 bridgehead atoms. The zero-order valence-electron chi connectivity index (χ0n) is 42.4. The minimum absolute atomic E-state index is 0.110. The lowest BCUT2D eigenvalue weighted by Crippen LogP contribution is -2.30. The number of esters is 3. The lowest BCUT2D eigenvalue weighted by molar-refractivity contribution is -0.167. The number of ether oxygens (including phenoxy) is 3. The zero-order valence-corrected chi connectivity index (χ0v) is 42.4. The molecule has 0 aromatic carbocycles. The molecule has 0 radical (unpaired) electrons. The number of carbonyl (C=O) groups excluding carboxylic acids is 3. The summed E-state index contributed by atoms with van der Waals surface area (Å²) in [7, 11) is 0. The third kappa shape index (κ3) is 50.8. The van der Waals surface area contributed by atoms with Gasteiger partial charge in [0.1, 0.15) is 13.2 Å². The third-order valence-electron chi connectivity index (χ3n) is 10.8. The molecule has 6 heteroatoms. The van der Waals surface area contributed by atoms with Crippen LogP contribution < -0.4 is 0 Å². The largest absolute Gasteiger partial charge is 0.462 e. The Bertz CT molecular complexity index is 1420. The molecular formula is C60H96O6. The number of hydrogen-bond donors (Lipinski definition) is 0. The molecule has 0 aliphatic heterocycles. The van der Waals surface area contributed by atoms with Crippen LogP contribution in [0, 0.1) is 0 Å². The first-order valence-corrected chi connectivity index (χ1v) is 26.6. The summed E-state index contributed by atoms with van der Waals surface area (Å²) in [6, 6.07) is 0. The lowest BCUT2D eigenvalue weighted by Gasteiger charge is -2.18. The summed E-state index contributed by atoms with van der Waals surface area (Å²) in [4.78, 5) is 38.0. The van der Waals surface area contributed by atoms with Gasteiger partial charge in [-0.2, -0.15) is 0 Å². The van der Waals surface area contributed by atoms with Gasteiger partial charge in [0.15, 0.2) is 6.10 Å². The van der Waals surface area contributed by atoms with Crippen molar-refractivity contribution < 1.29 is 28.6 Å². The van der Waals surface area contributed by atoms with Crippen LogP contribution in [-0.2, 0) is 28.6 Å². The fourth-order valence-corrected chi connectivity index (χ4v) is 6.84. The molecule has 0 heterocycles. The van der Waals surface area contributed by atoms with Gasteiger partial charge in [0.2, 0.25) is 0 Å². The summed E-state index contributed by atoms with van der Waals surface area (Å²) in [5.74, 6) is -1.00. The molecule has 0 aromatic heterocycles. The molecule has 0 aromatic rings. The Hall–Kier alpha value is -4.19. The fourth-order valence-electron chi connectivity index (χ4n) is 6.84. The first kappa shape index (κ1) is 61.8. The van der Waals surface area contributed by atoms with Crippen molar-refractivity contribution in [3.8, 4) is 0 Å². The highest BCUT2D eigenvalue weighted by molar-refractivity contribution is 5.71. The summed E-state index contributed by atoms with van der Waals surface area (Å²) in [6.45, 7) is 6.32. The van der Waals surface area contributed by atoms with E-state index in [1.54, 1.807) is 0 Å². The maximum Gasteiger partial charge on any atom is 0.306 e. The summed E-state index contributed by atoms with van der Waals surface area (Å²) in [5, 5.41) is 0. The Labute approximate surface area is 405 Å². The second-order valence-electron chi connectivity index (χ2n) is 17.2. The van der Waals surface area contributed by atoms with Crippen LogP contribution in [0.15, 0.2) is 122 Å². The van der Waals surface area contributed by atoms with Crippen molar-refractivity contribution in [2.45, 2.75) is 226 Å². The van der Waals surface area contributed by atoms with E-state index >= 15 is 0 Å². The number of hydrogen-bond acceptors (Lipinski definition) is 6. The van der Waals surface area contributed by atoms with Crippen molar-refractivity contribution in [3.05, 3.63) is 122 Å². The molecule has 1 atom stereocenters. The average Bonchev–Trinajstić information content (AvgIpc) is 3.31. The van der Waals surface area contributed by atoms with Gasteiger partial charge in [-0.05, 0) is 89.9 Å². The predicted molar refractivity (Wildman–Crippen MR) is 283 cm³/mol. The molecule has 66 heavy (non-hydrogen) atoms. The van der Waals surface area contributed by atoms with Crippen LogP contribution >= 0.6 is 0 Å². The molecule has 0 fully saturated rings. The van der Waals surface area contributed by atoms with Crippen molar-refractivity contribution in [3.63, 3.8) is 0 Å². The van der Waals surface area contributed by atoms with Crippen LogP contribution in [0.5, 0.6) is 0 Å². The van der Waals surface area contributed by atoms with Gasteiger partial charge in [0, 0.05) is 19.3 Å². The SMILES string of the molecule is CC/C=C\C/C=C\C/C=C\CCCC(=O)OCC(COC(=O)CCCCCCCCCCCC/C=C\C=C/CCCCC)OC(=O)CCCCCCC\C=C/C=C\C=C/C=C\C=C/CCC. The van der Waals surface area contributed by atoms with E-state index in [0.29, 0.717) is 12.8 Å². The van der Waals surface area contributed by atoms with Crippen molar-refractivity contribution in [2.75, 3.05) is 13.2 Å². The predicted octanol–water partition coefficient (Wildman–Crippen LogP) is 17.7. The molecular weight excluding hydrogens is 817 g/mol. The highest BCUT2D eigenvalue weighted by Crippen LogP contribution is 2.14. The van der Waals surface area contributed by atoms with E-state index < -0.39 is 6.10 Å². The van der Waals surface area contributed by atoms with Crippen molar-refractivity contribution in [2.24, 2.45) is 0 Å². The summed E-state index contributed by atoms with van der Waals surface area (Å²) >= 11 is 0. The molecule has 0 spiro atoms. The van der Waals surface area contributed by atoms with Gasteiger partial charge >= 0.3 is 17.9 Å². The average molecular weight is 913 g/mol. The number of carbonyl (C=O) groups is 3. The molecule has 0 aliphatic carbocycles. The monoisotopic (exact) mass is 913 g/mol. The van der Waals surface area contributed by atoms with E-state index in [9.17, 15) is 14.4 Å². The number of unbranched alkanes of at least 4 members (excludes halogenated alkanes) is 20. The highest BCUT2D eigenvalue weighted by atomic mass is 16.6. The molecule has 6 nitrogen and oxygen atoms in total. The van der Waals surface area contributed by atoms with E-state index in [1.165, 1.54) is 83.5 Å². The molecule has 0 saturated heterocycles. The minimum atomic E-state index is -0.816. The fraction of sp³-hybridized carbons (Fsp3) is 0.617.